The molecule has 2 aromatic carbocycles. The second kappa shape index (κ2) is 7.05. The van der Waals surface area contributed by atoms with Crippen molar-refractivity contribution in [2.75, 3.05) is 11.9 Å². The molecule has 0 unspecified atom stereocenters. The van der Waals surface area contributed by atoms with Crippen molar-refractivity contribution in [1.82, 2.24) is 9.97 Å². The van der Waals surface area contributed by atoms with Crippen LogP contribution in [0.15, 0.2) is 70.7 Å². The van der Waals surface area contributed by atoms with E-state index in [4.69, 9.17) is 4.98 Å². The number of aromatic nitrogens is 2. The molecule has 1 aliphatic rings. The quantitative estimate of drug-likeness (QED) is 0.794. The summed E-state index contributed by atoms with van der Waals surface area (Å²) in [6.45, 7) is 1.28. The summed E-state index contributed by atoms with van der Waals surface area (Å²) in [5.74, 6) is 1.40. The summed E-state index contributed by atoms with van der Waals surface area (Å²) in [4.78, 5) is 18.0. The van der Waals surface area contributed by atoms with Gasteiger partial charge in [-0.15, -0.1) is 0 Å². The third kappa shape index (κ3) is 3.45. The van der Waals surface area contributed by atoms with E-state index in [1.54, 1.807) is 12.4 Å². The molecule has 1 aromatic heterocycles. The van der Waals surface area contributed by atoms with Crippen LogP contribution in [0.25, 0.3) is 16.6 Å². The molecule has 2 heterocycles. The van der Waals surface area contributed by atoms with Crippen LogP contribution in [0, 0.1) is 0 Å². The summed E-state index contributed by atoms with van der Waals surface area (Å²) in [6, 6.07) is 18.2. The molecular formula is C20H17N5. The molecule has 0 saturated heterocycles. The van der Waals surface area contributed by atoms with Crippen LogP contribution in [0.5, 0.6) is 0 Å². The molecular weight excluding hydrogens is 310 g/mol. The first-order chi connectivity index (χ1) is 12.4. The zero-order chi connectivity index (χ0) is 16.9. The number of hydrogen-bond acceptors (Lipinski definition) is 5. The third-order valence-corrected chi connectivity index (χ3v) is 3.89. The van der Waals surface area contributed by atoms with E-state index in [2.05, 4.69) is 32.4 Å². The van der Waals surface area contributed by atoms with Gasteiger partial charge in [-0.25, -0.2) is 9.97 Å². The summed E-state index contributed by atoms with van der Waals surface area (Å²) >= 11 is 0. The van der Waals surface area contributed by atoms with E-state index < -0.39 is 0 Å². The first-order valence-electron chi connectivity index (χ1n) is 8.18. The largest absolute Gasteiger partial charge is 0.365 e. The molecule has 3 aromatic rings. The Balaban J connectivity index is 1.73. The SMILES string of the molecule is C1=NCC=NC(c2nc(NCc3ccccc3)c3ccccc3n2)=C1. The highest BCUT2D eigenvalue weighted by Gasteiger charge is 2.11. The van der Waals surface area contributed by atoms with Crippen molar-refractivity contribution in [3.63, 3.8) is 0 Å². The molecule has 1 N–H and O–H groups in total. The Morgan fingerprint density at radius 2 is 1.76 bits per heavy atom. The van der Waals surface area contributed by atoms with Crippen molar-refractivity contribution in [2.24, 2.45) is 9.98 Å². The van der Waals surface area contributed by atoms with Crippen molar-refractivity contribution in [3.05, 3.63) is 72.1 Å². The number of allylic oxidation sites excluding steroid dienone is 1. The number of nitrogens with one attached hydrogen (secondary N) is 1. The number of anilines is 1. The van der Waals surface area contributed by atoms with Crippen LogP contribution < -0.4 is 5.32 Å². The van der Waals surface area contributed by atoms with Gasteiger partial charge in [0, 0.05) is 24.4 Å². The fourth-order valence-corrected chi connectivity index (χ4v) is 2.65. The van der Waals surface area contributed by atoms with E-state index in [0.717, 1.165) is 22.4 Å². The zero-order valence-electron chi connectivity index (χ0n) is 13.6. The molecule has 0 fully saturated rings. The lowest BCUT2D eigenvalue weighted by Crippen LogP contribution is -2.05. The van der Waals surface area contributed by atoms with E-state index in [1.165, 1.54) is 5.56 Å². The third-order valence-electron chi connectivity index (χ3n) is 3.89. The Labute approximate surface area is 145 Å². The number of rotatable bonds is 4. The van der Waals surface area contributed by atoms with Gasteiger partial charge in [0.15, 0.2) is 5.82 Å². The van der Waals surface area contributed by atoms with Crippen LogP contribution >= 0.6 is 0 Å². The molecule has 0 saturated carbocycles. The smallest absolute Gasteiger partial charge is 0.180 e. The lowest BCUT2D eigenvalue weighted by Gasteiger charge is -2.11. The van der Waals surface area contributed by atoms with Crippen LogP contribution in [0.3, 0.4) is 0 Å². The molecule has 0 spiro atoms. The van der Waals surface area contributed by atoms with Crippen molar-refractivity contribution in [3.8, 4) is 0 Å². The van der Waals surface area contributed by atoms with Crippen molar-refractivity contribution in [1.29, 1.82) is 0 Å². The predicted octanol–water partition coefficient (Wildman–Crippen LogP) is 3.74. The Hall–Kier alpha value is -3.34. The summed E-state index contributed by atoms with van der Waals surface area (Å²) in [5.41, 5.74) is 2.81. The van der Waals surface area contributed by atoms with Gasteiger partial charge in [0.05, 0.1) is 12.1 Å². The van der Waals surface area contributed by atoms with E-state index in [0.29, 0.717) is 18.9 Å². The summed E-state index contributed by atoms with van der Waals surface area (Å²) in [7, 11) is 0. The van der Waals surface area contributed by atoms with Crippen molar-refractivity contribution >= 4 is 34.8 Å². The summed E-state index contributed by atoms with van der Waals surface area (Å²) in [5, 5.41) is 4.43. The minimum Gasteiger partial charge on any atom is -0.365 e. The van der Waals surface area contributed by atoms with Crippen LogP contribution in [0.2, 0.25) is 0 Å². The molecule has 4 rings (SSSR count). The predicted molar refractivity (Wildman–Crippen MR) is 103 cm³/mol. The molecule has 0 aliphatic carbocycles. The number of aliphatic imine (C=N–C) groups is 2. The Kier molecular flexibility index (Phi) is 4.29. The van der Waals surface area contributed by atoms with Gasteiger partial charge in [-0.05, 0) is 23.8 Å². The van der Waals surface area contributed by atoms with Crippen molar-refractivity contribution in [2.45, 2.75) is 6.54 Å². The molecule has 25 heavy (non-hydrogen) atoms. The van der Waals surface area contributed by atoms with E-state index in [9.17, 15) is 0 Å². The van der Waals surface area contributed by atoms with Gasteiger partial charge in [0.25, 0.3) is 0 Å². The molecule has 1 aliphatic heterocycles. The second-order valence-corrected chi connectivity index (χ2v) is 5.63. The second-order valence-electron chi connectivity index (χ2n) is 5.63. The monoisotopic (exact) mass is 327 g/mol. The maximum Gasteiger partial charge on any atom is 0.180 e. The van der Waals surface area contributed by atoms with E-state index in [-0.39, 0.29) is 0 Å². The fraction of sp³-hybridized carbons (Fsp3) is 0.100. The van der Waals surface area contributed by atoms with Gasteiger partial charge in [0.1, 0.15) is 11.5 Å². The molecule has 0 amide bonds. The Morgan fingerprint density at radius 1 is 0.920 bits per heavy atom. The molecule has 5 nitrogen and oxygen atoms in total. The van der Waals surface area contributed by atoms with Crippen LogP contribution in [0.1, 0.15) is 11.4 Å². The van der Waals surface area contributed by atoms with Gasteiger partial charge in [-0.3, -0.25) is 9.98 Å². The lowest BCUT2D eigenvalue weighted by molar-refractivity contribution is 1.08. The molecule has 5 heteroatoms. The average molecular weight is 327 g/mol. The number of fused-ring (bicyclic) bond motifs is 1. The highest BCUT2D eigenvalue weighted by molar-refractivity contribution is 5.92. The van der Waals surface area contributed by atoms with Gasteiger partial charge >= 0.3 is 0 Å². The maximum atomic E-state index is 4.72. The number of hydrogen-bond donors (Lipinski definition) is 1. The van der Waals surface area contributed by atoms with Gasteiger partial charge < -0.3 is 5.32 Å². The maximum absolute atomic E-state index is 4.72. The molecule has 122 valence electrons. The highest BCUT2D eigenvalue weighted by Crippen LogP contribution is 2.24. The lowest BCUT2D eigenvalue weighted by atomic mass is 10.2. The molecule has 0 radical (unpaired) electrons. The topological polar surface area (TPSA) is 62.5 Å². The summed E-state index contributed by atoms with van der Waals surface area (Å²) in [6.07, 6.45) is 5.36. The van der Waals surface area contributed by atoms with Crippen LogP contribution in [0.4, 0.5) is 5.82 Å². The minimum atomic E-state index is 0.576. The van der Waals surface area contributed by atoms with Gasteiger partial charge in [-0.1, -0.05) is 42.5 Å². The number of para-hydroxylation sites is 1. The van der Waals surface area contributed by atoms with Crippen LogP contribution in [-0.4, -0.2) is 28.9 Å². The zero-order valence-corrected chi connectivity index (χ0v) is 13.6. The van der Waals surface area contributed by atoms with Gasteiger partial charge in [0.2, 0.25) is 0 Å². The van der Waals surface area contributed by atoms with Gasteiger partial charge in [-0.2, -0.15) is 0 Å². The average Bonchev–Trinajstić information content (AvgIpc) is 2.96. The van der Waals surface area contributed by atoms with E-state index >= 15 is 0 Å². The highest BCUT2D eigenvalue weighted by atomic mass is 15.0. The van der Waals surface area contributed by atoms with E-state index in [1.807, 2.05) is 48.5 Å². The van der Waals surface area contributed by atoms with Crippen LogP contribution in [-0.2, 0) is 6.54 Å². The minimum absolute atomic E-state index is 0.576. The number of benzene rings is 2. The van der Waals surface area contributed by atoms with Crippen molar-refractivity contribution < 1.29 is 0 Å². The Morgan fingerprint density at radius 3 is 2.68 bits per heavy atom. The molecule has 0 atom stereocenters. The first kappa shape index (κ1) is 15.2. The number of nitrogens with zero attached hydrogens (tertiary/aromatic N) is 4. The fourth-order valence-electron chi connectivity index (χ4n) is 2.65. The normalized spacial score (nSPS) is 13.5. The Bertz CT molecular complexity index is 974. The first-order valence-corrected chi connectivity index (χ1v) is 8.18. The standard InChI is InChI=1S/C20H17N5/c1-2-6-15(7-3-1)14-23-19-16-8-4-5-9-17(16)24-20(25-19)18-10-11-21-12-13-22-18/h1-11,13H,12,14H2,(H,23,24,25). The summed E-state index contributed by atoms with van der Waals surface area (Å²) < 4.78 is 0. The molecule has 0 bridgehead atoms.